The van der Waals surface area contributed by atoms with Gasteiger partial charge in [0, 0.05) is 30.4 Å². The molecule has 114 valence electrons. The zero-order chi connectivity index (χ0) is 16.1. The molecule has 2 rings (SSSR count). The lowest BCUT2D eigenvalue weighted by Gasteiger charge is -2.22. The Morgan fingerprint density at radius 1 is 1.41 bits per heavy atom. The molecular formula is C16H17N3O3. The Hall–Kier alpha value is -2.81. The SMILES string of the molecule is CCN(CCC(=O)O)c1ccc2c(=O)n(CC#N)ccc2c1. The van der Waals surface area contributed by atoms with Crippen LogP contribution in [0, 0.1) is 11.3 Å². The Balaban J connectivity index is 2.38. The number of carbonyl (C=O) groups is 1. The van der Waals surface area contributed by atoms with E-state index in [1.165, 1.54) is 4.57 Å². The van der Waals surface area contributed by atoms with Gasteiger partial charge in [-0.05, 0) is 36.6 Å². The maximum absolute atomic E-state index is 12.2. The minimum Gasteiger partial charge on any atom is -0.481 e. The van der Waals surface area contributed by atoms with E-state index in [1.807, 2.05) is 30.0 Å². The molecule has 1 N–H and O–H groups in total. The predicted molar refractivity (Wildman–Crippen MR) is 84.0 cm³/mol. The van der Waals surface area contributed by atoms with Gasteiger partial charge in [0.1, 0.15) is 6.54 Å². The summed E-state index contributed by atoms with van der Waals surface area (Å²) in [6.07, 6.45) is 1.67. The summed E-state index contributed by atoms with van der Waals surface area (Å²) in [7, 11) is 0. The molecule has 0 spiro atoms. The quantitative estimate of drug-likeness (QED) is 0.879. The number of pyridine rings is 1. The van der Waals surface area contributed by atoms with Crippen molar-refractivity contribution in [3.63, 3.8) is 0 Å². The first-order valence-electron chi connectivity index (χ1n) is 7.03. The van der Waals surface area contributed by atoms with Crippen molar-refractivity contribution in [3.05, 3.63) is 40.8 Å². The van der Waals surface area contributed by atoms with Crippen LogP contribution in [0.1, 0.15) is 13.3 Å². The molecule has 0 fully saturated rings. The van der Waals surface area contributed by atoms with Crippen molar-refractivity contribution in [2.45, 2.75) is 19.9 Å². The van der Waals surface area contributed by atoms with Crippen molar-refractivity contribution in [3.8, 4) is 6.07 Å². The fraction of sp³-hybridized carbons (Fsp3) is 0.312. The van der Waals surface area contributed by atoms with Crippen molar-refractivity contribution in [2.24, 2.45) is 0 Å². The van der Waals surface area contributed by atoms with Crippen LogP contribution in [0.25, 0.3) is 10.8 Å². The molecule has 0 aliphatic rings. The average molecular weight is 299 g/mol. The molecule has 0 saturated carbocycles. The van der Waals surface area contributed by atoms with Gasteiger partial charge in [-0.15, -0.1) is 0 Å². The molecule has 0 aliphatic carbocycles. The van der Waals surface area contributed by atoms with Crippen molar-refractivity contribution in [1.29, 1.82) is 5.26 Å². The number of aromatic nitrogens is 1. The molecule has 1 aromatic carbocycles. The monoisotopic (exact) mass is 299 g/mol. The second kappa shape index (κ2) is 6.76. The van der Waals surface area contributed by atoms with E-state index < -0.39 is 5.97 Å². The lowest BCUT2D eigenvalue weighted by Crippen LogP contribution is -2.26. The predicted octanol–water partition coefficient (Wildman–Crippen LogP) is 1.83. The van der Waals surface area contributed by atoms with Gasteiger partial charge in [-0.3, -0.25) is 9.59 Å². The van der Waals surface area contributed by atoms with E-state index >= 15 is 0 Å². The number of anilines is 1. The van der Waals surface area contributed by atoms with Crippen LogP contribution in [0.3, 0.4) is 0 Å². The molecule has 0 radical (unpaired) electrons. The Labute approximate surface area is 127 Å². The Kier molecular flexibility index (Phi) is 4.79. The minimum atomic E-state index is -0.835. The highest BCUT2D eigenvalue weighted by atomic mass is 16.4. The van der Waals surface area contributed by atoms with Gasteiger partial charge >= 0.3 is 5.97 Å². The van der Waals surface area contributed by atoms with E-state index in [2.05, 4.69) is 0 Å². The number of nitriles is 1. The molecule has 2 aromatic rings. The van der Waals surface area contributed by atoms with Crippen molar-refractivity contribution >= 4 is 22.4 Å². The van der Waals surface area contributed by atoms with Crippen LogP contribution < -0.4 is 10.5 Å². The molecule has 0 atom stereocenters. The molecule has 6 heteroatoms. The van der Waals surface area contributed by atoms with E-state index in [-0.39, 0.29) is 18.5 Å². The number of hydrogen-bond donors (Lipinski definition) is 1. The van der Waals surface area contributed by atoms with E-state index in [1.54, 1.807) is 18.3 Å². The number of fused-ring (bicyclic) bond motifs is 1. The number of carboxylic acids is 1. The zero-order valence-corrected chi connectivity index (χ0v) is 12.3. The summed E-state index contributed by atoms with van der Waals surface area (Å²) in [4.78, 5) is 24.9. The smallest absolute Gasteiger partial charge is 0.305 e. The standard InChI is InChI=1S/C16H17N3O3/c1-2-18(9-6-15(20)21)13-3-4-14-12(11-13)5-8-19(10-7-17)16(14)22/h3-5,8,11H,2,6,9-10H2,1H3,(H,20,21). The third kappa shape index (κ3) is 3.26. The first kappa shape index (κ1) is 15.6. The van der Waals surface area contributed by atoms with Crippen LogP contribution in [0.5, 0.6) is 0 Å². The highest BCUT2D eigenvalue weighted by Crippen LogP contribution is 2.20. The van der Waals surface area contributed by atoms with Gasteiger partial charge < -0.3 is 14.6 Å². The fourth-order valence-electron chi connectivity index (χ4n) is 2.37. The normalized spacial score (nSPS) is 10.4. The van der Waals surface area contributed by atoms with Crippen LogP contribution >= 0.6 is 0 Å². The molecule has 0 aliphatic heterocycles. The van der Waals surface area contributed by atoms with E-state index in [9.17, 15) is 9.59 Å². The van der Waals surface area contributed by atoms with Crippen molar-refractivity contribution < 1.29 is 9.90 Å². The Morgan fingerprint density at radius 2 is 2.18 bits per heavy atom. The maximum atomic E-state index is 12.2. The summed E-state index contributed by atoms with van der Waals surface area (Å²) >= 11 is 0. The van der Waals surface area contributed by atoms with Crippen LogP contribution in [0.2, 0.25) is 0 Å². The highest BCUT2D eigenvalue weighted by molar-refractivity contribution is 5.85. The summed E-state index contributed by atoms with van der Waals surface area (Å²) in [6, 6.07) is 9.16. The van der Waals surface area contributed by atoms with Crippen molar-refractivity contribution in [2.75, 3.05) is 18.0 Å². The molecule has 1 heterocycles. The average Bonchev–Trinajstić information content (AvgIpc) is 2.50. The minimum absolute atomic E-state index is 0.0240. The van der Waals surface area contributed by atoms with E-state index in [0.717, 1.165) is 11.1 Å². The number of carboxylic acid groups (broad SMARTS) is 1. The summed E-state index contributed by atoms with van der Waals surface area (Å²) in [6.45, 7) is 3.08. The first-order chi connectivity index (χ1) is 10.6. The van der Waals surface area contributed by atoms with Gasteiger partial charge in [-0.2, -0.15) is 5.26 Å². The van der Waals surface area contributed by atoms with Gasteiger partial charge in [-0.25, -0.2) is 0 Å². The number of hydrogen-bond acceptors (Lipinski definition) is 4. The number of rotatable bonds is 6. The second-order valence-corrected chi connectivity index (χ2v) is 4.90. The Bertz CT molecular complexity index is 789. The van der Waals surface area contributed by atoms with Gasteiger partial charge in [0.25, 0.3) is 5.56 Å². The molecule has 1 aromatic heterocycles. The topological polar surface area (TPSA) is 86.3 Å². The van der Waals surface area contributed by atoms with Crippen LogP contribution in [0.15, 0.2) is 35.3 Å². The lowest BCUT2D eigenvalue weighted by atomic mass is 10.1. The number of aliphatic carboxylic acids is 1. The van der Waals surface area contributed by atoms with Crippen LogP contribution in [0.4, 0.5) is 5.69 Å². The maximum Gasteiger partial charge on any atom is 0.305 e. The molecular weight excluding hydrogens is 282 g/mol. The third-order valence-corrected chi connectivity index (χ3v) is 3.54. The summed E-state index contributed by atoms with van der Waals surface area (Å²) < 4.78 is 1.37. The number of benzene rings is 1. The summed E-state index contributed by atoms with van der Waals surface area (Å²) in [5, 5.41) is 18.8. The lowest BCUT2D eigenvalue weighted by molar-refractivity contribution is -0.136. The second-order valence-electron chi connectivity index (χ2n) is 4.90. The van der Waals surface area contributed by atoms with Crippen molar-refractivity contribution in [1.82, 2.24) is 4.57 Å². The zero-order valence-electron chi connectivity index (χ0n) is 12.3. The van der Waals surface area contributed by atoms with Gasteiger partial charge in [0.15, 0.2) is 0 Å². The summed E-state index contributed by atoms with van der Waals surface area (Å²) in [5.41, 5.74) is 0.688. The highest BCUT2D eigenvalue weighted by Gasteiger charge is 2.09. The van der Waals surface area contributed by atoms with Gasteiger partial charge in [0.2, 0.25) is 0 Å². The largest absolute Gasteiger partial charge is 0.481 e. The number of nitrogens with zero attached hydrogens (tertiary/aromatic N) is 3. The molecule has 6 nitrogen and oxygen atoms in total. The Morgan fingerprint density at radius 3 is 2.82 bits per heavy atom. The molecule has 22 heavy (non-hydrogen) atoms. The van der Waals surface area contributed by atoms with Gasteiger partial charge in [-0.1, -0.05) is 0 Å². The summed E-state index contributed by atoms with van der Waals surface area (Å²) in [5.74, 6) is -0.835. The molecule has 0 amide bonds. The van der Waals surface area contributed by atoms with Crippen LogP contribution in [-0.4, -0.2) is 28.7 Å². The van der Waals surface area contributed by atoms with Crippen LogP contribution in [-0.2, 0) is 11.3 Å². The fourth-order valence-corrected chi connectivity index (χ4v) is 2.37. The van der Waals surface area contributed by atoms with E-state index in [4.69, 9.17) is 10.4 Å². The first-order valence-corrected chi connectivity index (χ1v) is 7.03. The molecule has 0 unspecified atom stereocenters. The van der Waals surface area contributed by atoms with E-state index in [0.29, 0.717) is 18.5 Å². The third-order valence-electron chi connectivity index (χ3n) is 3.54. The molecule has 0 bridgehead atoms. The van der Waals surface area contributed by atoms with Gasteiger partial charge in [0.05, 0.1) is 12.5 Å². The molecule has 0 saturated heterocycles.